The van der Waals surface area contributed by atoms with Crippen LogP contribution in [0, 0.1) is 16.7 Å². The van der Waals surface area contributed by atoms with Crippen molar-refractivity contribution in [2.75, 3.05) is 0 Å². The van der Waals surface area contributed by atoms with Gasteiger partial charge in [0.2, 0.25) is 0 Å². The van der Waals surface area contributed by atoms with Crippen LogP contribution in [0.3, 0.4) is 0 Å². The van der Waals surface area contributed by atoms with Crippen LogP contribution < -0.4 is 0 Å². The average Bonchev–Trinajstić information content (AvgIpc) is 2.98. The summed E-state index contributed by atoms with van der Waals surface area (Å²) >= 11 is 0. The Bertz CT molecular complexity index is 905. The van der Waals surface area contributed by atoms with E-state index in [1.165, 1.54) is 0 Å². The molecule has 0 atom stereocenters. The summed E-state index contributed by atoms with van der Waals surface area (Å²) in [5, 5.41) is 9.80. The van der Waals surface area contributed by atoms with Crippen LogP contribution >= 0.6 is 0 Å². The van der Waals surface area contributed by atoms with Gasteiger partial charge in [-0.15, -0.1) is 0 Å². The minimum Gasteiger partial charge on any atom is -0.455 e. The number of benzene rings is 2. The van der Waals surface area contributed by atoms with Crippen molar-refractivity contribution in [1.82, 2.24) is 0 Å². The molecule has 0 heterocycles. The molecule has 0 amide bonds. The number of rotatable bonds is 2. The third-order valence-corrected chi connectivity index (χ3v) is 5.40. The third kappa shape index (κ3) is 3.73. The zero-order valence-corrected chi connectivity index (χ0v) is 17.9. The zero-order valence-electron chi connectivity index (χ0n) is 17.9. The Hall–Kier alpha value is -2.86. The number of hydrogen-bond acceptors (Lipinski definition) is 3. The molecule has 0 saturated heterocycles. The highest BCUT2D eigenvalue weighted by Gasteiger charge is 2.38. The van der Waals surface area contributed by atoms with E-state index in [4.69, 9.17) is 4.74 Å². The van der Waals surface area contributed by atoms with E-state index in [1.807, 2.05) is 97.0 Å². The van der Waals surface area contributed by atoms with E-state index >= 15 is 0 Å². The highest BCUT2D eigenvalue weighted by atomic mass is 16.6. The van der Waals surface area contributed by atoms with Gasteiger partial charge in [-0.1, -0.05) is 83.1 Å². The Labute approximate surface area is 168 Å². The largest absolute Gasteiger partial charge is 0.455 e. The number of carbonyl (C=O) groups excluding carboxylic acids is 1. The number of nitrogens with zero attached hydrogens (tertiary/aromatic N) is 1. The maximum Gasteiger partial charge on any atom is 0.350 e. The summed E-state index contributed by atoms with van der Waals surface area (Å²) in [6.45, 7) is 13.8. The maximum absolute atomic E-state index is 12.9. The van der Waals surface area contributed by atoms with E-state index in [0.717, 1.165) is 22.3 Å². The molecule has 0 fully saturated rings. The van der Waals surface area contributed by atoms with Crippen LogP contribution in [0.1, 0.15) is 59.6 Å². The molecule has 0 saturated carbocycles. The second-order valence-electron chi connectivity index (χ2n) is 8.10. The molecular weight excluding hydrogens is 346 g/mol. The molecule has 3 rings (SSSR count). The second-order valence-corrected chi connectivity index (χ2v) is 8.10. The lowest BCUT2D eigenvalue weighted by Crippen LogP contribution is -2.41. The van der Waals surface area contributed by atoms with Crippen LogP contribution in [-0.4, -0.2) is 11.6 Å². The van der Waals surface area contributed by atoms with Gasteiger partial charge in [0.1, 0.15) is 17.2 Å². The molecule has 0 N–H and O–H groups in total. The Balaban J connectivity index is 0.00000136. The van der Waals surface area contributed by atoms with E-state index in [2.05, 4.69) is 6.07 Å². The van der Waals surface area contributed by atoms with Gasteiger partial charge < -0.3 is 4.74 Å². The third-order valence-electron chi connectivity index (χ3n) is 5.40. The highest BCUT2D eigenvalue weighted by molar-refractivity contribution is 6.12. The highest BCUT2D eigenvalue weighted by Crippen LogP contribution is 2.45. The first-order chi connectivity index (χ1) is 13.2. The number of fused-ring (bicyclic) bond motifs is 3. The lowest BCUT2D eigenvalue weighted by atomic mass is 9.79. The summed E-state index contributed by atoms with van der Waals surface area (Å²) in [4.78, 5) is 12.9. The minimum atomic E-state index is -0.704. The number of hydrogen-bond donors (Lipinski definition) is 0. The molecule has 0 spiro atoms. The molecule has 0 aromatic heterocycles. The SMILES string of the molecule is CC.CC(C)(C)C(C)(C)OC(=O)C(C#N)=C1c2ccccc2-c2ccccc21. The van der Waals surface area contributed by atoms with Gasteiger partial charge in [-0.2, -0.15) is 5.26 Å². The summed E-state index contributed by atoms with van der Waals surface area (Å²) in [6, 6.07) is 17.8. The molecule has 2 aromatic carbocycles. The fourth-order valence-electron chi connectivity index (χ4n) is 2.93. The van der Waals surface area contributed by atoms with E-state index in [1.54, 1.807) is 0 Å². The predicted octanol–water partition coefficient (Wildman–Crippen LogP) is 6.39. The Kier molecular flexibility index (Phi) is 6.14. The average molecular weight is 376 g/mol. The lowest BCUT2D eigenvalue weighted by Gasteiger charge is -2.38. The first-order valence-electron chi connectivity index (χ1n) is 9.74. The van der Waals surface area contributed by atoms with Gasteiger partial charge in [0.15, 0.2) is 0 Å². The minimum absolute atomic E-state index is 0.0553. The molecule has 0 bridgehead atoms. The smallest absolute Gasteiger partial charge is 0.350 e. The van der Waals surface area contributed by atoms with Crippen molar-refractivity contribution in [2.45, 2.75) is 54.1 Å². The quantitative estimate of drug-likeness (QED) is 0.296. The number of esters is 1. The van der Waals surface area contributed by atoms with Gasteiger partial charge in [-0.25, -0.2) is 4.79 Å². The fourth-order valence-corrected chi connectivity index (χ4v) is 2.93. The second kappa shape index (κ2) is 8.02. The molecule has 146 valence electrons. The van der Waals surface area contributed by atoms with Crippen molar-refractivity contribution >= 4 is 11.5 Å². The van der Waals surface area contributed by atoms with Gasteiger partial charge in [-0.05, 0) is 36.1 Å². The Morgan fingerprint density at radius 3 is 1.57 bits per heavy atom. The summed E-state index contributed by atoms with van der Waals surface area (Å²) in [5.74, 6) is -0.575. The number of carbonyl (C=O) groups is 1. The van der Waals surface area contributed by atoms with Crippen molar-refractivity contribution in [3.05, 3.63) is 65.2 Å². The van der Waals surface area contributed by atoms with Crippen molar-refractivity contribution < 1.29 is 9.53 Å². The molecule has 2 aromatic rings. The van der Waals surface area contributed by atoms with Crippen molar-refractivity contribution in [3.63, 3.8) is 0 Å². The van der Waals surface area contributed by atoms with E-state index in [-0.39, 0.29) is 11.0 Å². The zero-order chi connectivity index (χ0) is 21.1. The standard InChI is InChI=1S/C23H23NO2.C2H6/c1-22(2,3)23(4,5)26-21(25)19(14-24)20-17-12-8-6-10-15(17)16-11-7-9-13-18(16)20;1-2/h6-13H,1-5H3;1-2H3. The van der Waals surface area contributed by atoms with Crippen LogP contribution in [0.15, 0.2) is 54.1 Å². The summed E-state index contributed by atoms with van der Waals surface area (Å²) < 4.78 is 5.78. The van der Waals surface area contributed by atoms with Crippen molar-refractivity contribution in [1.29, 1.82) is 5.26 Å². The Morgan fingerprint density at radius 2 is 1.21 bits per heavy atom. The van der Waals surface area contributed by atoms with Crippen LogP contribution in [0.25, 0.3) is 16.7 Å². The predicted molar refractivity (Wildman–Crippen MR) is 114 cm³/mol. The van der Waals surface area contributed by atoms with Gasteiger partial charge in [-0.3, -0.25) is 0 Å². The topological polar surface area (TPSA) is 50.1 Å². The van der Waals surface area contributed by atoms with E-state index in [0.29, 0.717) is 5.57 Å². The van der Waals surface area contributed by atoms with Crippen LogP contribution in [0.5, 0.6) is 0 Å². The maximum atomic E-state index is 12.9. The van der Waals surface area contributed by atoms with Crippen molar-refractivity contribution in [3.8, 4) is 17.2 Å². The molecule has 3 heteroatoms. The molecule has 0 aliphatic heterocycles. The van der Waals surface area contributed by atoms with Gasteiger partial charge in [0.05, 0.1) is 0 Å². The summed E-state index contributed by atoms with van der Waals surface area (Å²) in [7, 11) is 0. The molecule has 3 nitrogen and oxygen atoms in total. The first-order valence-corrected chi connectivity index (χ1v) is 9.74. The van der Waals surface area contributed by atoms with Gasteiger partial charge in [0, 0.05) is 11.0 Å². The van der Waals surface area contributed by atoms with E-state index in [9.17, 15) is 10.1 Å². The molecular formula is C25H29NO2. The first kappa shape index (κ1) is 21.4. The van der Waals surface area contributed by atoms with Crippen LogP contribution in [0.2, 0.25) is 0 Å². The molecule has 1 aliphatic carbocycles. The lowest BCUT2D eigenvalue weighted by molar-refractivity contribution is -0.161. The molecule has 1 aliphatic rings. The Morgan fingerprint density at radius 1 is 0.821 bits per heavy atom. The summed E-state index contributed by atoms with van der Waals surface area (Å²) in [6.07, 6.45) is 0. The van der Waals surface area contributed by atoms with Gasteiger partial charge in [0.25, 0.3) is 0 Å². The van der Waals surface area contributed by atoms with Crippen LogP contribution in [0.4, 0.5) is 0 Å². The van der Waals surface area contributed by atoms with E-state index < -0.39 is 11.6 Å². The molecule has 28 heavy (non-hydrogen) atoms. The van der Waals surface area contributed by atoms with Gasteiger partial charge >= 0.3 is 5.97 Å². The normalized spacial score (nSPS) is 12.1. The molecule has 0 unspecified atom stereocenters. The van der Waals surface area contributed by atoms with Crippen LogP contribution in [-0.2, 0) is 9.53 Å². The summed E-state index contributed by atoms with van der Waals surface area (Å²) in [5.41, 5.74) is 3.63. The fraction of sp³-hybridized carbons (Fsp3) is 0.360. The molecule has 0 radical (unpaired) electrons. The number of ether oxygens (including phenoxy) is 1. The monoisotopic (exact) mass is 375 g/mol. The number of nitriles is 1. The van der Waals surface area contributed by atoms with Crippen molar-refractivity contribution in [2.24, 2.45) is 5.41 Å².